The van der Waals surface area contributed by atoms with E-state index in [1.807, 2.05) is 30.1 Å². The second kappa shape index (κ2) is 14.5. The summed E-state index contributed by atoms with van der Waals surface area (Å²) in [6, 6.07) is 1.86. The van der Waals surface area contributed by atoms with Crippen molar-refractivity contribution in [2.75, 3.05) is 26.2 Å². The number of nitrogens with one attached hydrogen (secondary N) is 2. The molecular formula is C17H39LiN2+2. The third-order valence-corrected chi connectivity index (χ3v) is 4.63. The van der Waals surface area contributed by atoms with E-state index >= 15 is 0 Å². The Bertz CT molecular complexity index is 171. The zero-order chi connectivity index (χ0) is 14.7. The van der Waals surface area contributed by atoms with Crippen molar-refractivity contribution in [3.63, 3.8) is 0 Å². The Morgan fingerprint density at radius 1 is 0.750 bits per heavy atom. The zero-order valence-electron chi connectivity index (χ0n) is 15.4. The van der Waals surface area contributed by atoms with Crippen LogP contribution in [-0.4, -0.2) is 38.3 Å². The van der Waals surface area contributed by atoms with Crippen molar-refractivity contribution in [3.05, 3.63) is 6.42 Å². The molecule has 1 fully saturated rings. The first-order valence-electron chi connectivity index (χ1n) is 8.62. The monoisotopic (exact) mass is 278 g/mol. The maximum Gasteiger partial charge on any atom is 1.00 e. The van der Waals surface area contributed by atoms with Crippen molar-refractivity contribution in [3.8, 4) is 0 Å². The van der Waals surface area contributed by atoms with Crippen LogP contribution in [0.1, 0.15) is 67.2 Å². The van der Waals surface area contributed by atoms with E-state index in [2.05, 4.69) is 27.7 Å². The van der Waals surface area contributed by atoms with Gasteiger partial charge in [0.05, 0.1) is 26.2 Å². The Hall–Kier alpha value is 0.517. The molecule has 1 saturated carbocycles. The molecule has 0 heterocycles. The van der Waals surface area contributed by atoms with E-state index in [4.69, 9.17) is 0 Å². The molecule has 20 heavy (non-hydrogen) atoms. The summed E-state index contributed by atoms with van der Waals surface area (Å²) < 4.78 is 0. The fourth-order valence-corrected chi connectivity index (χ4v) is 3.66. The van der Waals surface area contributed by atoms with Crippen molar-refractivity contribution >= 4 is 0 Å². The van der Waals surface area contributed by atoms with Gasteiger partial charge in [-0.15, -0.1) is 0 Å². The van der Waals surface area contributed by atoms with Crippen LogP contribution in [0, 0.1) is 6.42 Å². The molecule has 0 saturated heterocycles. The molecule has 0 bridgehead atoms. The Morgan fingerprint density at radius 3 is 1.20 bits per heavy atom. The smallest absolute Gasteiger partial charge is 0.335 e. The maximum absolute atomic E-state index is 2.35. The van der Waals surface area contributed by atoms with E-state index in [9.17, 15) is 0 Å². The Morgan fingerprint density at radius 2 is 1.00 bits per heavy atom. The minimum atomic E-state index is 0. The van der Waals surface area contributed by atoms with Crippen molar-refractivity contribution < 1.29 is 28.7 Å². The van der Waals surface area contributed by atoms with Crippen LogP contribution in [0.15, 0.2) is 0 Å². The van der Waals surface area contributed by atoms with Crippen LogP contribution in [0.2, 0.25) is 0 Å². The molecule has 2 nitrogen and oxygen atoms in total. The minimum absolute atomic E-state index is 0. The third kappa shape index (κ3) is 7.50. The van der Waals surface area contributed by atoms with Gasteiger partial charge in [0.1, 0.15) is 12.1 Å². The zero-order valence-corrected chi connectivity index (χ0v) is 15.4. The molecule has 0 amide bonds. The van der Waals surface area contributed by atoms with Gasteiger partial charge in [-0.2, -0.15) is 13.8 Å². The van der Waals surface area contributed by atoms with Crippen LogP contribution in [0.5, 0.6) is 0 Å². The summed E-state index contributed by atoms with van der Waals surface area (Å²) in [4.78, 5) is 3.67. The van der Waals surface area contributed by atoms with Crippen LogP contribution in [-0.2, 0) is 0 Å². The van der Waals surface area contributed by atoms with Gasteiger partial charge in [0.15, 0.2) is 0 Å². The predicted octanol–water partition coefficient (Wildman–Crippen LogP) is -1.62. The van der Waals surface area contributed by atoms with Crippen LogP contribution in [0.25, 0.3) is 0 Å². The molecule has 2 N–H and O–H groups in total. The van der Waals surface area contributed by atoms with E-state index in [1.54, 1.807) is 0 Å². The average Bonchev–Trinajstić information content (AvgIpc) is 2.44. The Balaban J connectivity index is 0. The summed E-state index contributed by atoms with van der Waals surface area (Å²) in [5.41, 5.74) is 0. The largest absolute Gasteiger partial charge is 1.00 e. The first-order valence-corrected chi connectivity index (χ1v) is 8.62. The minimum Gasteiger partial charge on any atom is -0.335 e. The number of quaternary nitrogens is 2. The quantitative estimate of drug-likeness (QED) is 0.427. The van der Waals surface area contributed by atoms with Crippen LogP contribution >= 0.6 is 0 Å². The first-order chi connectivity index (χ1) is 9.19. The van der Waals surface area contributed by atoms with Crippen LogP contribution in [0.4, 0.5) is 0 Å². The van der Waals surface area contributed by atoms with Gasteiger partial charge in [0, 0.05) is 12.8 Å². The molecule has 1 rings (SSSR count). The van der Waals surface area contributed by atoms with E-state index < -0.39 is 0 Å². The number of rotatable bonds is 6. The average molecular weight is 278 g/mol. The molecule has 2 atom stereocenters. The molecule has 0 aromatic rings. The maximum atomic E-state index is 2.35. The van der Waals surface area contributed by atoms with Crippen molar-refractivity contribution in [1.29, 1.82) is 0 Å². The topological polar surface area (TPSA) is 8.88 Å². The van der Waals surface area contributed by atoms with E-state index in [1.165, 1.54) is 51.9 Å². The van der Waals surface area contributed by atoms with Gasteiger partial charge < -0.3 is 16.2 Å². The molecule has 1 aliphatic rings. The fourth-order valence-electron chi connectivity index (χ4n) is 3.66. The predicted molar refractivity (Wildman–Crippen MR) is 85.8 cm³/mol. The molecule has 0 spiro atoms. The third-order valence-electron chi connectivity index (χ3n) is 4.63. The van der Waals surface area contributed by atoms with Gasteiger partial charge in [0.25, 0.3) is 0 Å². The molecule has 0 aromatic heterocycles. The summed E-state index contributed by atoms with van der Waals surface area (Å²) >= 11 is 0. The molecular weight excluding hydrogens is 239 g/mol. The van der Waals surface area contributed by atoms with Gasteiger partial charge in [-0.3, -0.25) is 0 Å². The molecule has 3 heteroatoms. The van der Waals surface area contributed by atoms with Crippen LogP contribution < -0.4 is 28.7 Å². The summed E-state index contributed by atoms with van der Waals surface area (Å²) in [6.07, 6.45) is 7.85. The second-order valence-corrected chi connectivity index (χ2v) is 5.81. The first kappa shape index (κ1) is 22.8. The van der Waals surface area contributed by atoms with Gasteiger partial charge in [-0.1, -0.05) is 0 Å². The normalized spacial score (nSPS) is 22.2. The molecule has 0 unspecified atom stereocenters. The number of hydrogen-bond acceptors (Lipinski definition) is 0. The summed E-state index contributed by atoms with van der Waals surface area (Å²) in [5.74, 6) is 0. The summed E-state index contributed by atoms with van der Waals surface area (Å²) in [5, 5.41) is 0. The summed E-state index contributed by atoms with van der Waals surface area (Å²) in [7, 11) is 0. The number of likely N-dealkylation sites (N-methyl/N-ethyl adjacent to an activating group) is 2. The van der Waals surface area contributed by atoms with E-state index in [0.717, 1.165) is 12.1 Å². The standard InChI is InChI=1S/C14H30N2.C3H7.Li/c1-5-15(6-2)13-11-9-10-12-14(13)16(7-3)8-4;1-3-2;/h13-14H,5-12H2,1-4H3;3H,1-2H3;/q;-1;+1/p+2/t13-,14-;;/m1../s1. The van der Waals surface area contributed by atoms with E-state index in [-0.39, 0.29) is 18.9 Å². The van der Waals surface area contributed by atoms with Gasteiger partial charge in [0.2, 0.25) is 0 Å². The summed E-state index contributed by atoms with van der Waals surface area (Å²) in [6.45, 7) is 18.6. The van der Waals surface area contributed by atoms with Crippen molar-refractivity contribution in [2.45, 2.75) is 79.3 Å². The Kier molecular flexibility index (Phi) is 16.5. The SMILES string of the molecule is CC[NH+](CC)[C@@H]1CCCC[C@H]1[NH+](CC)CC.C[CH-]C.[Li+]. The van der Waals surface area contributed by atoms with Gasteiger partial charge in [-0.05, 0) is 40.5 Å². The molecule has 116 valence electrons. The van der Waals surface area contributed by atoms with Gasteiger partial charge in [-0.25, -0.2) is 0 Å². The number of hydrogen-bond donors (Lipinski definition) is 2. The molecule has 0 aliphatic heterocycles. The second-order valence-electron chi connectivity index (χ2n) is 5.81. The fraction of sp³-hybridized carbons (Fsp3) is 0.941. The van der Waals surface area contributed by atoms with Gasteiger partial charge >= 0.3 is 18.9 Å². The van der Waals surface area contributed by atoms with Crippen molar-refractivity contribution in [1.82, 2.24) is 0 Å². The van der Waals surface area contributed by atoms with Crippen molar-refractivity contribution in [2.24, 2.45) is 0 Å². The van der Waals surface area contributed by atoms with E-state index in [0.29, 0.717) is 0 Å². The van der Waals surface area contributed by atoms with Crippen LogP contribution in [0.3, 0.4) is 0 Å². The molecule has 1 aliphatic carbocycles. The molecule has 0 radical (unpaired) electrons. The Labute approximate surface area is 140 Å². The molecule has 0 aromatic carbocycles.